The van der Waals surface area contributed by atoms with Gasteiger partial charge in [0.15, 0.2) is 23.0 Å². The van der Waals surface area contributed by atoms with Crippen LogP contribution in [0.5, 0.6) is 23.0 Å². The van der Waals surface area contributed by atoms with E-state index in [0.717, 1.165) is 12.8 Å². The maximum Gasteiger partial charge on any atom is 0.160 e. The minimum absolute atomic E-state index is 0.0192. The highest BCUT2D eigenvalue weighted by Crippen LogP contribution is 2.26. The molecule has 0 radical (unpaired) electrons. The summed E-state index contributed by atoms with van der Waals surface area (Å²) in [5.41, 5.74) is 0.792. The summed E-state index contributed by atoms with van der Waals surface area (Å²) in [6.45, 7) is 2.66. The van der Waals surface area contributed by atoms with Crippen LogP contribution in [-0.2, 0) is 0 Å². The van der Waals surface area contributed by atoms with E-state index in [2.05, 4.69) is 6.92 Å². The maximum absolute atomic E-state index is 10.4. The average molecular weight is 332 g/mol. The molecule has 0 saturated carbocycles. The second-order valence-corrected chi connectivity index (χ2v) is 4.91. The third-order valence-electron chi connectivity index (χ3n) is 3.01. The number of hydrogen-bond donors (Lipinski definition) is 3. The number of carbonyl (C=O) groups excluding carboxylic acids is 2. The molecule has 0 unspecified atom stereocenters. The fourth-order valence-corrected chi connectivity index (χ4v) is 1.67. The zero-order valence-electron chi connectivity index (χ0n) is 13.3. The minimum atomic E-state index is -0.274. The van der Waals surface area contributed by atoms with Gasteiger partial charge in [-0.3, -0.25) is 9.59 Å². The van der Waals surface area contributed by atoms with Crippen molar-refractivity contribution in [1.29, 1.82) is 0 Å². The zero-order valence-corrected chi connectivity index (χ0v) is 13.3. The van der Waals surface area contributed by atoms with E-state index in [4.69, 9.17) is 14.9 Å². The molecule has 0 bridgehead atoms. The quantitative estimate of drug-likeness (QED) is 0.426. The van der Waals surface area contributed by atoms with Gasteiger partial charge in [0, 0.05) is 11.1 Å². The summed E-state index contributed by atoms with van der Waals surface area (Å²) < 4.78 is 5.31. The molecule has 0 spiro atoms. The van der Waals surface area contributed by atoms with Crippen molar-refractivity contribution in [2.75, 3.05) is 6.61 Å². The van der Waals surface area contributed by atoms with Gasteiger partial charge in [-0.15, -0.1) is 0 Å². The molecular formula is C18H20O6. The number of phenols is 3. The molecule has 0 aromatic heterocycles. The molecule has 6 heteroatoms. The second-order valence-electron chi connectivity index (χ2n) is 4.91. The molecule has 0 amide bonds. The lowest BCUT2D eigenvalue weighted by Gasteiger charge is -2.07. The number of benzene rings is 2. The van der Waals surface area contributed by atoms with E-state index >= 15 is 0 Å². The molecule has 2 rings (SSSR count). The molecule has 0 aliphatic rings. The Balaban J connectivity index is 0.000000254. The summed E-state index contributed by atoms with van der Waals surface area (Å²) in [5.74, 6) is -0.0371. The molecule has 0 heterocycles. The van der Waals surface area contributed by atoms with Crippen LogP contribution in [0.4, 0.5) is 0 Å². The van der Waals surface area contributed by atoms with Gasteiger partial charge < -0.3 is 20.1 Å². The van der Waals surface area contributed by atoms with Gasteiger partial charge in [0.2, 0.25) is 0 Å². The Morgan fingerprint density at radius 3 is 1.96 bits per heavy atom. The molecule has 3 N–H and O–H groups in total. The summed E-state index contributed by atoms with van der Waals surface area (Å²) in [6, 6.07) is 8.50. The molecule has 6 nitrogen and oxygen atoms in total. The van der Waals surface area contributed by atoms with Crippen molar-refractivity contribution in [2.45, 2.75) is 19.8 Å². The van der Waals surface area contributed by atoms with E-state index in [9.17, 15) is 14.7 Å². The van der Waals surface area contributed by atoms with E-state index in [1.54, 1.807) is 12.1 Å². The van der Waals surface area contributed by atoms with Crippen LogP contribution in [0.25, 0.3) is 0 Å². The van der Waals surface area contributed by atoms with Gasteiger partial charge in [-0.05, 0) is 42.8 Å². The second kappa shape index (κ2) is 9.89. The van der Waals surface area contributed by atoms with E-state index in [-0.39, 0.29) is 17.2 Å². The van der Waals surface area contributed by atoms with Gasteiger partial charge in [0.05, 0.1) is 6.61 Å². The van der Waals surface area contributed by atoms with Crippen LogP contribution >= 0.6 is 0 Å². The molecule has 2 aromatic rings. The molecule has 0 aliphatic heterocycles. The predicted octanol–water partition coefficient (Wildman–Crippen LogP) is 3.29. The number of carbonyl (C=O) groups is 2. The third-order valence-corrected chi connectivity index (χ3v) is 3.01. The Labute approximate surface area is 140 Å². The summed E-state index contributed by atoms with van der Waals surface area (Å²) in [4.78, 5) is 20.5. The number of aldehydes is 2. The van der Waals surface area contributed by atoms with E-state index in [1.165, 1.54) is 24.3 Å². The normalized spacial score (nSPS) is 9.54. The van der Waals surface area contributed by atoms with Crippen molar-refractivity contribution < 1.29 is 29.6 Å². The number of hydrogen-bond acceptors (Lipinski definition) is 6. The Bertz CT molecular complexity index is 681. The minimum Gasteiger partial charge on any atom is -0.504 e. The number of phenolic OH excluding ortho intramolecular Hbond substituents is 3. The smallest absolute Gasteiger partial charge is 0.160 e. The van der Waals surface area contributed by atoms with Crippen molar-refractivity contribution >= 4 is 12.6 Å². The SMILES string of the molecule is CCCCOc1ccc(C=O)cc1O.O=Cc1ccc(O)c(O)c1. The first-order valence-electron chi connectivity index (χ1n) is 7.40. The molecule has 0 fully saturated rings. The summed E-state index contributed by atoms with van der Waals surface area (Å²) in [6.07, 6.45) is 3.29. The topological polar surface area (TPSA) is 104 Å². The standard InChI is InChI=1S/C11H14O3.C7H6O3/c1-2-3-6-14-11-5-4-9(8-12)7-10(11)13;8-4-5-1-2-6(9)7(10)3-5/h4-5,7-8,13H,2-3,6H2,1H3;1-4,9-10H. The zero-order chi connectivity index (χ0) is 17.9. The van der Waals surface area contributed by atoms with Crippen LogP contribution in [0.3, 0.4) is 0 Å². The Kier molecular flexibility index (Phi) is 7.84. The summed E-state index contributed by atoms with van der Waals surface area (Å²) in [5, 5.41) is 27.0. The molecule has 2 aromatic carbocycles. The first kappa shape index (κ1) is 19.0. The molecule has 24 heavy (non-hydrogen) atoms. The lowest BCUT2D eigenvalue weighted by atomic mass is 10.2. The van der Waals surface area contributed by atoms with Crippen LogP contribution in [-0.4, -0.2) is 34.5 Å². The van der Waals surface area contributed by atoms with Crippen LogP contribution in [0, 0.1) is 0 Å². The Hall–Kier alpha value is -3.02. The van der Waals surface area contributed by atoms with Crippen molar-refractivity contribution in [3.63, 3.8) is 0 Å². The lowest BCUT2D eigenvalue weighted by molar-refractivity contribution is 0.111. The highest BCUT2D eigenvalue weighted by Gasteiger charge is 2.02. The average Bonchev–Trinajstić information content (AvgIpc) is 2.59. The van der Waals surface area contributed by atoms with Crippen molar-refractivity contribution in [3.05, 3.63) is 47.5 Å². The van der Waals surface area contributed by atoms with Gasteiger partial charge in [-0.1, -0.05) is 13.3 Å². The fraction of sp³-hybridized carbons (Fsp3) is 0.222. The van der Waals surface area contributed by atoms with Crippen LogP contribution < -0.4 is 4.74 Å². The van der Waals surface area contributed by atoms with Crippen LogP contribution in [0.2, 0.25) is 0 Å². The largest absolute Gasteiger partial charge is 0.504 e. The monoisotopic (exact) mass is 332 g/mol. The molecular weight excluding hydrogens is 312 g/mol. The number of aromatic hydroxyl groups is 3. The van der Waals surface area contributed by atoms with Gasteiger partial charge in [0.1, 0.15) is 12.6 Å². The van der Waals surface area contributed by atoms with Gasteiger partial charge in [-0.25, -0.2) is 0 Å². The van der Waals surface area contributed by atoms with Crippen molar-refractivity contribution in [3.8, 4) is 23.0 Å². The fourth-order valence-electron chi connectivity index (χ4n) is 1.67. The van der Waals surface area contributed by atoms with Crippen molar-refractivity contribution in [1.82, 2.24) is 0 Å². The van der Waals surface area contributed by atoms with E-state index < -0.39 is 0 Å². The molecule has 0 atom stereocenters. The molecule has 128 valence electrons. The first-order valence-corrected chi connectivity index (χ1v) is 7.40. The van der Waals surface area contributed by atoms with E-state index in [1.807, 2.05) is 0 Å². The van der Waals surface area contributed by atoms with E-state index in [0.29, 0.717) is 36.1 Å². The molecule has 0 saturated heterocycles. The lowest BCUT2D eigenvalue weighted by Crippen LogP contribution is -1.96. The van der Waals surface area contributed by atoms with Gasteiger partial charge >= 0.3 is 0 Å². The predicted molar refractivity (Wildman–Crippen MR) is 89.1 cm³/mol. The first-order chi connectivity index (χ1) is 11.5. The highest BCUT2D eigenvalue weighted by atomic mass is 16.5. The van der Waals surface area contributed by atoms with Crippen LogP contribution in [0.1, 0.15) is 40.5 Å². The maximum atomic E-state index is 10.4. The summed E-state index contributed by atoms with van der Waals surface area (Å²) >= 11 is 0. The molecule has 0 aliphatic carbocycles. The van der Waals surface area contributed by atoms with Gasteiger partial charge in [0.25, 0.3) is 0 Å². The highest BCUT2D eigenvalue weighted by molar-refractivity contribution is 5.76. The number of rotatable bonds is 6. The number of unbranched alkanes of at least 4 members (excludes halogenated alkanes) is 1. The Morgan fingerprint density at radius 2 is 1.46 bits per heavy atom. The number of ether oxygens (including phenoxy) is 1. The third kappa shape index (κ3) is 6.00. The van der Waals surface area contributed by atoms with Gasteiger partial charge in [-0.2, -0.15) is 0 Å². The Morgan fingerprint density at radius 1 is 0.875 bits per heavy atom. The van der Waals surface area contributed by atoms with Crippen LogP contribution in [0.15, 0.2) is 36.4 Å². The summed E-state index contributed by atoms with van der Waals surface area (Å²) in [7, 11) is 0. The van der Waals surface area contributed by atoms with Crippen molar-refractivity contribution in [2.24, 2.45) is 0 Å².